The second-order valence-electron chi connectivity index (χ2n) is 3.79. The van der Waals surface area contributed by atoms with Gasteiger partial charge in [-0.25, -0.2) is 10.8 Å². The summed E-state index contributed by atoms with van der Waals surface area (Å²) in [6.45, 7) is 0. The third kappa shape index (κ3) is 3.64. The van der Waals surface area contributed by atoms with Crippen molar-refractivity contribution in [2.45, 2.75) is 0 Å². The Bertz CT molecular complexity index is 632. The van der Waals surface area contributed by atoms with Crippen LogP contribution in [0.4, 0.5) is 11.4 Å². The maximum atomic E-state index is 6.14. The van der Waals surface area contributed by atoms with Crippen molar-refractivity contribution >= 4 is 56.5 Å². The molecule has 2 aromatic rings. The van der Waals surface area contributed by atoms with E-state index >= 15 is 0 Å². The molecule has 0 fully saturated rings. The van der Waals surface area contributed by atoms with Gasteiger partial charge < -0.3 is 5.32 Å². The zero-order chi connectivity index (χ0) is 14.5. The highest BCUT2D eigenvalue weighted by Gasteiger charge is 2.09. The van der Waals surface area contributed by atoms with Gasteiger partial charge in [0.05, 0.1) is 15.7 Å². The van der Waals surface area contributed by atoms with E-state index in [9.17, 15) is 0 Å². The number of benzene rings is 2. The van der Waals surface area contributed by atoms with Gasteiger partial charge in [0.15, 0.2) is 0 Å². The maximum absolute atomic E-state index is 6.14. The number of guanidine groups is 1. The number of nitrogens with one attached hydrogen (secondary N) is 2. The molecule has 0 aliphatic rings. The highest BCUT2D eigenvalue weighted by Crippen LogP contribution is 2.37. The molecule has 0 aromatic heterocycles. The van der Waals surface area contributed by atoms with Crippen molar-refractivity contribution in [3.8, 4) is 0 Å². The fourth-order valence-corrected chi connectivity index (χ4v) is 2.29. The van der Waals surface area contributed by atoms with Crippen molar-refractivity contribution in [3.63, 3.8) is 0 Å². The molecule has 0 amide bonds. The molecule has 0 saturated carbocycles. The van der Waals surface area contributed by atoms with Crippen LogP contribution in [0.15, 0.2) is 51.9 Å². The predicted molar refractivity (Wildman–Crippen MR) is 88.6 cm³/mol. The first-order valence-corrected chi connectivity index (χ1v) is 7.17. The van der Waals surface area contributed by atoms with E-state index in [0.717, 1.165) is 5.69 Å². The first-order chi connectivity index (χ1) is 9.61. The molecule has 0 aliphatic heterocycles. The van der Waals surface area contributed by atoms with Gasteiger partial charge in [-0.3, -0.25) is 5.43 Å². The van der Waals surface area contributed by atoms with Crippen molar-refractivity contribution in [2.75, 3.05) is 5.32 Å². The summed E-state index contributed by atoms with van der Waals surface area (Å²) in [5, 5.41) is 3.80. The molecule has 0 unspecified atom stereocenters. The van der Waals surface area contributed by atoms with Crippen LogP contribution >= 0.6 is 39.1 Å². The molecule has 0 radical (unpaired) electrons. The Morgan fingerprint density at radius 2 is 1.75 bits per heavy atom. The first-order valence-electron chi connectivity index (χ1n) is 5.62. The zero-order valence-corrected chi connectivity index (χ0v) is 13.3. The highest BCUT2D eigenvalue weighted by molar-refractivity contribution is 9.10. The summed E-state index contributed by atoms with van der Waals surface area (Å²) in [7, 11) is 0. The number of hydrazine groups is 1. The van der Waals surface area contributed by atoms with Gasteiger partial charge in [0.25, 0.3) is 0 Å². The summed E-state index contributed by atoms with van der Waals surface area (Å²) in [6, 6.07) is 13.0. The molecule has 104 valence electrons. The summed E-state index contributed by atoms with van der Waals surface area (Å²) in [5.41, 5.74) is 3.85. The predicted octanol–water partition coefficient (Wildman–Crippen LogP) is 4.32. The molecule has 2 rings (SSSR count). The van der Waals surface area contributed by atoms with E-state index in [2.05, 4.69) is 31.7 Å². The molecular weight excluding hydrogens is 363 g/mol. The van der Waals surface area contributed by atoms with E-state index < -0.39 is 0 Å². The van der Waals surface area contributed by atoms with Gasteiger partial charge in [0.2, 0.25) is 5.96 Å². The van der Waals surface area contributed by atoms with E-state index in [-0.39, 0.29) is 0 Å². The Kier molecular flexibility index (Phi) is 5.25. The summed E-state index contributed by atoms with van der Waals surface area (Å²) in [6.07, 6.45) is 0. The lowest BCUT2D eigenvalue weighted by Gasteiger charge is -2.10. The van der Waals surface area contributed by atoms with E-state index in [1.165, 1.54) is 0 Å². The number of hydrogen-bond donors (Lipinski definition) is 3. The molecule has 0 heterocycles. The van der Waals surface area contributed by atoms with Gasteiger partial charge in [0.1, 0.15) is 0 Å². The lowest BCUT2D eigenvalue weighted by molar-refractivity contribution is 1.02. The van der Waals surface area contributed by atoms with Gasteiger partial charge in [-0.05, 0) is 40.2 Å². The van der Waals surface area contributed by atoms with Crippen LogP contribution in [0.3, 0.4) is 0 Å². The van der Waals surface area contributed by atoms with Gasteiger partial charge in [-0.15, -0.1) is 0 Å². The Labute approximate surface area is 135 Å². The molecule has 7 heteroatoms. The second-order valence-corrected chi connectivity index (χ2v) is 5.40. The molecule has 20 heavy (non-hydrogen) atoms. The van der Waals surface area contributed by atoms with Crippen molar-refractivity contribution in [1.29, 1.82) is 0 Å². The van der Waals surface area contributed by atoms with Gasteiger partial charge in [-0.1, -0.05) is 41.4 Å². The fraction of sp³-hybridized carbons (Fsp3) is 0. The largest absolute Gasteiger partial charge is 0.325 e. The van der Waals surface area contributed by atoms with E-state index in [4.69, 9.17) is 29.0 Å². The molecule has 2 aromatic carbocycles. The first kappa shape index (κ1) is 15.1. The minimum absolute atomic E-state index is 0.351. The van der Waals surface area contributed by atoms with Crippen LogP contribution in [0.25, 0.3) is 0 Å². The van der Waals surface area contributed by atoms with Crippen LogP contribution in [0, 0.1) is 0 Å². The second kappa shape index (κ2) is 6.95. The molecule has 0 atom stereocenters. The zero-order valence-electron chi connectivity index (χ0n) is 10.2. The number of anilines is 1. The molecule has 4 N–H and O–H groups in total. The smallest absolute Gasteiger partial charge is 0.215 e. The third-order valence-electron chi connectivity index (χ3n) is 2.42. The minimum Gasteiger partial charge on any atom is -0.325 e. The Morgan fingerprint density at radius 3 is 2.40 bits per heavy atom. The topological polar surface area (TPSA) is 62.4 Å². The van der Waals surface area contributed by atoms with Crippen molar-refractivity contribution in [1.82, 2.24) is 5.43 Å². The molecule has 4 nitrogen and oxygen atoms in total. The summed E-state index contributed by atoms with van der Waals surface area (Å²) in [4.78, 5) is 4.31. The molecule has 0 saturated heterocycles. The standard InChI is InChI=1S/C13H11BrCl2N4/c14-9-6-7-10(12(16)11(9)15)19-13(20-17)18-8-4-2-1-3-5-8/h1-7H,17H2,(H2,18,19,20). The minimum atomic E-state index is 0.351. The SMILES string of the molecule is NNC(=Nc1ccc(Br)c(Cl)c1Cl)Nc1ccccc1. The average Bonchev–Trinajstić information content (AvgIpc) is 2.48. The Morgan fingerprint density at radius 1 is 1.05 bits per heavy atom. The van der Waals surface area contributed by atoms with Crippen molar-refractivity contribution in [2.24, 2.45) is 10.8 Å². The van der Waals surface area contributed by atoms with Crippen LogP contribution in [-0.2, 0) is 0 Å². The number of aliphatic imine (C=N–C) groups is 1. The van der Waals surface area contributed by atoms with Crippen LogP contribution < -0.4 is 16.6 Å². The van der Waals surface area contributed by atoms with E-state index in [1.54, 1.807) is 12.1 Å². The Hall–Kier alpha value is -1.27. The number of halogens is 3. The third-order valence-corrected chi connectivity index (χ3v) is 4.18. The molecule has 0 bridgehead atoms. The van der Waals surface area contributed by atoms with Crippen LogP contribution in [0.5, 0.6) is 0 Å². The Balaban J connectivity index is 2.30. The van der Waals surface area contributed by atoms with Gasteiger partial charge in [-0.2, -0.15) is 0 Å². The van der Waals surface area contributed by atoms with Crippen LogP contribution in [0.1, 0.15) is 0 Å². The molecule has 0 spiro atoms. The monoisotopic (exact) mass is 372 g/mol. The lowest BCUT2D eigenvalue weighted by atomic mass is 10.3. The van der Waals surface area contributed by atoms with E-state index in [0.29, 0.717) is 26.2 Å². The number of para-hydroxylation sites is 1. The van der Waals surface area contributed by atoms with E-state index in [1.807, 2.05) is 30.3 Å². The number of nitrogens with two attached hydrogens (primary N) is 1. The number of hydrogen-bond acceptors (Lipinski definition) is 2. The fourth-order valence-electron chi connectivity index (χ4n) is 1.48. The summed E-state index contributed by atoms with van der Waals surface area (Å²) >= 11 is 15.5. The summed E-state index contributed by atoms with van der Waals surface area (Å²) < 4.78 is 0.710. The van der Waals surface area contributed by atoms with Gasteiger partial charge >= 0.3 is 0 Å². The quantitative estimate of drug-likeness (QED) is 0.241. The summed E-state index contributed by atoms with van der Waals surface area (Å²) in [5.74, 6) is 5.82. The van der Waals surface area contributed by atoms with Crippen LogP contribution in [0.2, 0.25) is 10.0 Å². The lowest BCUT2D eigenvalue weighted by Crippen LogP contribution is -2.35. The van der Waals surface area contributed by atoms with Crippen molar-refractivity contribution < 1.29 is 0 Å². The molecule has 0 aliphatic carbocycles. The number of rotatable bonds is 2. The van der Waals surface area contributed by atoms with Gasteiger partial charge in [0, 0.05) is 10.2 Å². The highest BCUT2D eigenvalue weighted by atomic mass is 79.9. The van der Waals surface area contributed by atoms with Crippen molar-refractivity contribution in [3.05, 3.63) is 57.0 Å². The number of nitrogens with zero attached hydrogens (tertiary/aromatic N) is 1. The normalized spacial score (nSPS) is 11.3. The maximum Gasteiger partial charge on any atom is 0.215 e. The molecular formula is C13H11BrCl2N4. The van der Waals surface area contributed by atoms with Crippen LogP contribution in [-0.4, -0.2) is 5.96 Å². The average molecular weight is 374 g/mol.